The zero-order chi connectivity index (χ0) is 12.1. The third kappa shape index (κ3) is 4.12. The first-order chi connectivity index (χ1) is 8.29. The van der Waals surface area contributed by atoms with Crippen molar-refractivity contribution >= 4 is 0 Å². The van der Waals surface area contributed by atoms with Gasteiger partial charge in [-0.3, -0.25) is 0 Å². The molecule has 1 N–H and O–H groups in total. The van der Waals surface area contributed by atoms with Crippen molar-refractivity contribution in [1.29, 1.82) is 0 Å². The molecule has 1 aromatic carbocycles. The number of halogens is 1. The summed E-state index contributed by atoms with van der Waals surface area (Å²) in [7, 11) is 0. The first-order valence-electron chi connectivity index (χ1n) is 6.76. The van der Waals surface area contributed by atoms with Gasteiger partial charge in [0.25, 0.3) is 0 Å². The summed E-state index contributed by atoms with van der Waals surface area (Å²) in [6.45, 7) is 3.20. The van der Waals surface area contributed by atoms with Gasteiger partial charge in [0.15, 0.2) is 0 Å². The van der Waals surface area contributed by atoms with Gasteiger partial charge in [0, 0.05) is 6.04 Å². The number of benzene rings is 1. The summed E-state index contributed by atoms with van der Waals surface area (Å²) in [6, 6.07) is 7.59. The van der Waals surface area contributed by atoms with Crippen LogP contribution in [0.3, 0.4) is 0 Å². The molecular weight excluding hydrogens is 213 g/mol. The highest BCUT2D eigenvalue weighted by Crippen LogP contribution is 2.34. The number of hydrogen-bond acceptors (Lipinski definition) is 1. The Hall–Kier alpha value is -0.890. The predicted molar refractivity (Wildman–Crippen MR) is 69.5 cm³/mol. The van der Waals surface area contributed by atoms with Gasteiger partial charge in [-0.15, -0.1) is 0 Å². The topological polar surface area (TPSA) is 12.0 Å². The molecule has 17 heavy (non-hydrogen) atoms. The minimum Gasteiger partial charge on any atom is -0.314 e. The van der Waals surface area contributed by atoms with Crippen LogP contribution in [0.2, 0.25) is 0 Å². The summed E-state index contributed by atoms with van der Waals surface area (Å²) >= 11 is 0. The van der Waals surface area contributed by atoms with Crippen LogP contribution in [-0.4, -0.2) is 12.6 Å². The lowest BCUT2D eigenvalue weighted by Crippen LogP contribution is -2.32. The fraction of sp³-hybridized carbons (Fsp3) is 0.600. The van der Waals surface area contributed by atoms with Crippen LogP contribution in [0.4, 0.5) is 4.39 Å². The molecule has 1 aliphatic carbocycles. The van der Waals surface area contributed by atoms with Gasteiger partial charge in [0.1, 0.15) is 5.82 Å². The summed E-state index contributed by atoms with van der Waals surface area (Å²) in [4.78, 5) is 0. The van der Waals surface area contributed by atoms with Crippen molar-refractivity contribution in [3.8, 4) is 0 Å². The molecule has 94 valence electrons. The average Bonchev–Trinajstić information content (AvgIpc) is 3.13. The first-order valence-corrected chi connectivity index (χ1v) is 6.76. The Morgan fingerprint density at radius 3 is 2.76 bits per heavy atom. The van der Waals surface area contributed by atoms with Gasteiger partial charge in [-0.1, -0.05) is 38.0 Å². The van der Waals surface area contributed by atoms with Gasteiger partial charge in [0.05, 0.1) is 0 Å². The maximum Gasteiger partial charge on any atom is 0.126 e. The summed E-state index contributed by atoms with van der Waals surface area (Å²) in [5, 5.41) is 3.55. The van der Waals surface area contributed by atoms with Crippen LogP contribution in [0.15, 0.2) is 24.3 Å². The van der Waals surface area contributed by atoms with E-state index in [4.69, 9.17) is 0 Å². The lowest BCUT2D eigenvalue weighted by molar-refractivity contribution is 0.447. The molecule has 2 heteroatoms. The summed E-state index contributed by atoms with van der Waals surface area (Å²) < 4.78 is 13.6. The molecule has 2 rings (SSSR count). The molecule has 1 fully saturated rings. The second kappa shape index (κ2) is 6.15. The molecule has 0 heterocycles. The minimum absolute atomic E-state index is 0.0633. The maximum atomic E-state index is 13.6. The van der Waals surface area contributed by atoms with Crippen LogP contribution < -0.4 is 5.32 Å². The van der Waals surface area contributed by atoms with E-state index in [1.807, 2.05) is 12.1 Å². The Balaban J connectivity index is 1.92. The Morgan fingerprint density at radius 1 is 1.35 bits per heavy atom. The fourth-order valence-electron chi connectivity index (χ4n) is 2.27. The molecule has 0 saturated heterocycles. The smallest absolute Gasteiger partial charge is 0.126 e. The van der Waals surface area contributed by atoms with Crippen molar-refractivity contribution < 1.29 is 4.39 Å². The molecular formula is C15H22FN. The normalized spacial score (nSPS) is 17.1. The monoisotopic (exact) mass is 235 g/mol. The van der Waals surface area contributed by atoms with E-state index in [1.165, 1.54) is 19.3 Å². The van der Waals surface area contributed by atoms with Crippen LogP contribution in [0.25, 0.3) is 0 Å². The highest BCUT2D eigenvalue weighted by Gasteiger charge is 2.25. The van der Waals surface area contributed by atoms with Crippen LogP contribution >= 0.6 is 0 Å². The fourth-order valence-corrected chi connectivity index (χ4v) is 2.27. The minimum atomic E-state index is -0.0633. The Kier molecular flexibility index (Phi) is 4.55. The number of hydrogen-bond donors (Lipinski definition) is 1. The molecule has 0 aromatic heterocycles. The van der Waals surface area contributed by atoms with Crippen LogP contribution in [0, 0.1) is 11.7 Å². The Bertz CT molecular complexity index is 347. The Morgan fingerprint density at radius 2 is 2.12 bits per heavy atom. The third-order valence-electron chi connectivity index (χ3n) is 3.42. The highest BCUT2D eigenvalue weighted by molar-refractivity contribution is 5.18. The van der Waals surface area contributed by atoms with Gasteiger partial charge in [-0.2, -0.15) is 0 Å². The second-order valence-corrected chi connectivity index (χ2v) is 5.13. The molecule has 0 aliphatic heterocycles. The Labute approximate surface area is 103 Å². The summed E-state index contributed by atoms with van der Waals surface area (Å²) in [6.07, 6.45) is 5.89. The third-order valence-corrected chi connectivity index (χ3v) is 3.42. The largest absolute Gasteiger partial charge is 0.314 e. The molecule has 1 saturated carbocycles. The van der Waals surface area contributed by atoms with Crippen molar-refractivity contribution in [1.82, 2.24) is 5.32 Å². The quantitative estimate of drug-likeness (QED) is 0.762. The van der Waals surface area contributed by atoms with E-state index in [9.17, 15) is 4.39 Å². The number of nitrogens with one attached hydrogen (secondary N) is 1. The SMILES string of the molecule is CCCNC(Cc1ccccc1F)CC1CC1. The maximum absolute atomic E-state index is 13.6. The van der Waals surface area contributed by atoms with E-state index in [2.05, 4.69) is 12.2 Å². The molecule has 1 atom stereocenters. The average molecular weight is 235 g/mol. The van der Waals surface area contributed by atoms with Gasteiger partial charge < -0.3 is 5.32 Å². The molecule has 1 unspecified atom stereocenters. The van der Waals surface area contributed by atoms with Crippen LogP contribution in [0.5, 0.6) is 0 Å². The standard InChI is InChI=1S/C15H22FN/c1-2-9-17-14(10-12-7-8-12)11-13-5-3-4-6-15(13)16/h3-6,12,14,17H,2,7-11H2,1H3. The van der Waals surface area contributed by atoms with E-state index >= 15 is 0 Å². The van der Waals surface area contributed by atoms with Gasteiger partial charge in [-0.25, -0.2) is 4.39 Å². The van der Waals surface area contributed by atoms with Crippen LogP contribution in [0.1, 0.15) is 38.2 Å². The van der Waals surface area contributed by atoms with E-state index in [1.54, 1.807) is 12.1 Å². The van der Waals surface area contributed by atoms with E-state index < -0.39 is 0 Å². The first kappa shape index (κ1) is 12.6. The van der Waals surface area contributed by atoms with E-state index in [-0.39, 0.29) is 5.82 Å². The lowest BCUT2D eigenvalue weighted by atomic mass is 10.0. The molecule has 1 nitrogen and oxygen atoms in total. The van der Waals surface area contributed by atoms with Crippen molar-refractivity contribution in [2.24, 2.45) is 5.92 Å². The predicted octanol–water partition coefficient (Wildman–Crippen LogP) is 3.54. The molecule has 0 spiro atoms. The summed E-state index contributed by atoms with van der Waals surface area (Å²) in [5.41, 5.74) is 0.849. The van der Waals surface area contributed by atoms with Crippen molar-refractivity contribution in [3.05, 3.63) is 35.6 Å². The zero-order valence-electron chi connectivity index (χ0n) is 10.6. The second-order valence-electron chi connectivity index (χ2n) is 5.13. The molecule has 0 amide bonds. The lowest BCUT2D eigenvalue weighted by Gasteiger charge is -2.18. The van der Waals surface area contributed by atoms with E-state index in [0.717, 1.165) is 30.9 Å². The van der Waals surface area contributed by atoms with E-state index in [0.29, 0.717) is 6.04 Å². The van der Waals surface area contributed by atoms with Gasteiger partial charge in [0.2, 0.25) is 0 Å². The molecule has 0 bridgehead atoms. The van der Waals surface area contributed by atoms with Crippen molar-refractivity contribution in [2.45, 2.75) is 45.1 Å². The van der Waals surface area contributed by atoms with Crippen molar-refractivity contribution in [2.75, 3.05) is 6.54 Å². The zero-order valence-corrected chi connectivity index (χ0v) is 10.6. The van der Waals surface area contributed by atoms with Gasteiger partial charge >= 0.3 is 0 Å². The summed E-state index contributed by atoms with van der Waals surface area (Å²) in [5.74, 6) is 0.822. The molecule has 1 aliphatic rings. The van der Waals surface area contributed by atoms with Crippen molar-refractivity contribution in [3.63, 3.8) is 0 Å². The van der Waals surface area contributed by atoms with Crippen LogP contribution in [-0.2, 0) is 6.42 Å². The molecule has 0 radical (unpaired) electrons. The number of rotatable bonds is 7. The van der Waals surface area contributed by atoms with Gasteiger partial charge in [-0.05, 0) is 43.4 Å². The highest BCUT2D eigenvalue weighted by atomic mass is 19.1. The molecule has 1 aromatic rings.